The third-order valence-electron chi connectivity index (χ3n) is 3.93. The van der Waals surface area contributed by atoms with Gasteiger partial charge in [-0.2, -0.15) is 5.10 Å². The molecule has 2 fully saturated rings. The topological polar surface area (TPSA) is 44.8 Å². The molecule has 1 saturated carbocycles. The predicted octanol–water partition coefficient (Wildman–Crippen LogP) is 2.68. The molecule has 2 aromatic heterocycles. The van der Waals surface area contributed by atoms with E-state index in [9.17, 15) is 8.78 Å². The lowest BCUT2D eigenvalue weighted by molar-refractivity contribution is 0.0257. The van der Waals surface area contributed by atoms with Crippen molar-refractivity contribution in [2.75, 3.05) is 18.0 Å². The number of alkyl halides is 2. The maximum absolute atomic E-state index is 13.4. The first-order valence-corrected chi connectivity index (χ1v) is 6.59. The van der Waals surface area contributed by atoms with Gasteiger partial charge in [0.25, 0.3) is 5.92 Å². The molecule has 4 nitrogen and oxygen atoms in total. The molecule has 1 saturated heterocycles. The van der Waals surface area contributed by atoms with Crippen LogP contribution in [0, 0.1) is 0 Å². The van der Waals surface area contributed by atoms with Crippen LogP contribution in [-0.4, -0.2) is 34.2 Å². The number of aromatic amines is 1. The number of nitrogens with zero attached hydrogens (tertiary/aromatic N) is 3. The first-order chi connectivity index (χ1) is 9.12. The minimum atomic E-state index is -2.58. The standard InChI is InChI=1S/C13H14F2N4/c14-13(15)3-4-19(7-13)11-5-10(8-1-2-8)17-12-9(11)6-16-18-12/h5-6,8H,1-4,7H2,(H,16,17,18). The van der Waals surface area contributed by atoms with Gasteiger partial charge < -0.3 is 4.90 Å². The Morgan fingerprint density at radius 2 is 2.21 bits per heavy atom. The molecule has 0 spiro atoms. The Labute approximate surface area is 108 Å². The Morgan fingerprint density at radius 1 is 1.37 bits per heavy atom. The molecule has 1 aliphatic heterocycles. The second-order valence-electron chi connectivity index (χ2n) is 5.50. The van der Waals surface area contributed by atoms with E-state index in [1.807, 2.05) is 6.07 Å². The molecule has 0 amide bonds. The van der Waals surface area contributed by atoms with Crippen LogP contribution < -0.4 is 4.90 Å². The Bertz CT molecular complexity index is 633. The van der Waals surface area contributed by atoms with Crippen LogP contribution >= 0.6 is 0 Å². The smallest absolute Gasteiger partial charge is 0.266 e. The van der Waals surface area contributed by atoms with Crippen LogP contribution in [0.1, 0.15) is 30.9 Å². The second-order valence-corrected chi connectivity index (χ2v) is 5.50. The Morgan fingerprint density at radius 3 is 2.89 bits per heavy atom. The molecule has 100 valence electrons. The normalized spacial score (nSPS) is 22.3. The zero-order valence-corrected chi connectivity index (χ0v) is 10.4. The van der Waals surface area contributed by atoms with E-state index < -0.39 is 5.92 Å². The highest BCUT2D eigenvalue weighted by atomic mass is 19.3. The highest BCUT2D eigenvalue weighted by Crippen LogP contribution is 2.42. The minimum Gasteiger partial charge on any atom is -0.365 e. The van der Waals surface area contributed by atoms with Crippen molar-refractivity contribution in [2.24, 2.45) is 0 Å². The molecule has 0 unspecified atom stereocenters. The van der Waals surface area contributed by atoms with Crippen molar-refractivity contribution in [3.63, 3.8) is 0 Å². The van der Waals surface area contributed by atoms with Gasteiger partial charge in [0, 0.05) is 24.6 Å². The van der Waals surface area contributed by atoms with Gasteiger partial charge >= 0.3 is 0 Å². The van der Waals surface area contributed by atoms with Crippen LogP contribution in [0.5, 0.6) is 0 Å². The number of nitrogens with one attached hydrogen (secondary N) is 1. The number of halogens is 2. The Hall–Kier alpha value is -1.72. The number of fused-ring (bicyclic) bond motifs is 1. The van der Waals surface area contributed by atoms with Gasteiger partial charge in [0.1, 0.15) is 0 Å². The second kappa shape index (κ2) is 3.65. The summed E-state index contributed by atoms with van der Waals surface area (Å²) in [5, 5.41) is 7.68. The molecular formula is C13H14F2N4. The summed E-state index contributed by atoms with van der Waals surface area (Å²) in [6, 6.07) is 1.97. The Kier molecular flexibility index (Phi) is 2.14. The lowest BCUT2D eigenvalue weighted by atomic mass is 10.2. The SMILES string of the molecule is FC1(F)CCN(c2cc(C3CC3)nc3[nH]ncc23)C1. The molecule has 0 aromatic carbocycles. The van der Waals surface area contributed by atoms with Crippen LogP contribution in [0.4, 0.5) is 14.5 Å². The number of pyridine rings is 1. The number of aromatic nitrogens is 3. The number of anilines is 1. The van der Waals surface area contributed by atoms with Gasteiger partial charge in [-0.05, 0) is 18.9 Å². The maximum Gasteiger partial charge on any atom is 0.266 e. The summed E-state index contributed by atoms with van der Waals surface area (Å²) < 4.78 is 26.8. The van der Waals surface area contributed by atoms with Crippen molar-refractivity contribution < 1.29 is 8.78 Å². The van der Waals surface area contributed by atoms with Gasteiger partial charge in [-0.25, -0.2) is 13.8 Å². The molecule has 2 aromatic rings. The monoisotopic (exact) mass is 264 g/mol. The van der Waals surface area contributed by atoms with E-state index in [1.165, 1.54) is 0 Å². The average Bonchev–Trinajstić information content (AvgIpc) is 3.01. The fraction of sp³-hybridized carbons (Fsp3) is 0.538. The van der Waals surface area contributed by atoms with E-state index in [1.54, 1.807) is 11.1 Å². The van der Waals surface area contributed by atoms with Crippen molar-refractivity contribution in [3.05, 3.63) is 18.0 Å². The first-order valence-electron chi connectivity index (χ1n) is 6.59. The van der Waals surface area contributed by atoms with Gasteiger partial charge in [-0.3, -0.25) is 5.10 Å². The summed E-state index contributed by atoms with van der Waals surface area (Å²) >= 11 is 0. The third-order valence-corrected chi connectivity index (χ3v) is 3.93. The summed E-state index contributed by atoms with van der Waals surface area (Å²) in [6.45, 7) is 0.183. The number of hydrogen-bond acceptors (Lipinski definition) is 3. The maximum atomic E-state index is 13.4. The van der Waals surface area contributed by atoms with Crippen molar-refractivity contribution >= 4 is 16.7 Å². The van der Waals surface area contributed by atoms with Crippen LogP contribution in [0.25, 0.3) is 11.0 Å². The van der Waals surface area contributed by atoms with Gasteiger partial charge in [-0.1, -0.05) is 0 Å². The summed E-state index contributed by atoms with van der Waals surface area (Å²) in [5.74, 6) is -2.09. The number of H-pyrrole nitrogens is 1. The van der Waals surface area contributed by atoms with E-state index in [2.05, 4.69) is 15.2 Å². The molecule has 0 bridgehead atoms. The molecular weight excluding hydrogens is 250 g/mol. The van der Waals surface area contributed by atoms with Crippen LogP contribution in [0.3, 0.4) is 0 Å². The number of rotatable bonds is 2. The Balaban J connectivity index is 1.81. The van der Waals surface area contributed by atoms with Gasteiger partial charge in [0.05, 0.1) is 23.8 Å². The molecule has 0 radical (unpaired) electrons. The summed E-state index contributed by atoms with van der Waals surface area (Å²) in [5.41, 5.74) is 2.55. The lowest BCUT2D eigenvalue weighted by Gasteiger charge is -2.19. The van der Waals surface area contributed by atoms with Crippen LogP contribution in [0.2, 0.25) is 0 Å². The molecule has 1 N–H and O–H groups in total. The molecule has 6 heteroatoms. The summed E-state index contributed by atoms with van der Waals surface area (Å²) in [7, 11) is 0. The molecule has 4 rings (SSSR count). The first kappa shape index (κ1) is 11.1. The molecule has 0 atom stereocenters. The third kappa shape index (κ3) is 1.86. The van der Waals surface area contributed by atoms with E-state index >= 15 is 0 Å². The summed E-state index contributed by atoms with van der Waals surface area (Å²) in [4.78, 5) is 6.29. The van der Waals surface area contributed by atoms with E-state index in [0.717, 1.165) is 29.6 Å². The van der Waals surface area contributed by atoms with Crippen LogP contribution in [-0.2, 0) is 0 Å². The van der Waals surface area contributed by atoms with Crippen molar-refractivity contribution in [1.82, 2.24) is 15.2 Å². The summed E-state index contributed by atoms with van der Waals surface area (Å²) in [6.07, 6.45) is 3.88. The zero-order valence-electron chi connectivity index (χ0n) is 10.4. The van der Waals surface area contributed by atoms with Crippen LogP contribution in [0.15, 0.2) is 12.3 Å². The van der Waals surface area contributed by atoms with E-state index in [-0.39, 0.29) is 13.0 Å². The average molecular weight is 264 g/mol. The number of hydrogen-bond donors (Lipinski definition) is 1. The van der Waals surface area contributed by atoms with Gasteiger partial charge in [0.15, 0.2) is 5.65 Å². The molecule has 3 heterocycles. The van der Waals surface area contributed by atoms with Crippen molar-refractivity contribution in [2.45, 2.75) is 31.1 Å². The fourth-order valence-electron chi connectivity index (χ4n) is 2.72. The van der Waals surface area contributed by atoms with Crippen molar-refractivity contribution in [1.29, 1.82) is 0 Å². The van der Waals surface area contributed by atoms with Crippen molar-refractivity contribution in [3.8, 4) is 0 Å². The predicted molar refractivity (Wildman–Crippen MR) is 67.6 cm³/mol. The highest BCUT2D eigenvalue weighted by molar-refractivity contribution is 5.89. The van der Waals surface area contributed by atoms with E-state index in [0.29, 0.717) is 18.1 Å². The molecule has 2 aliphatic rings. The largest absolute Gasteiger partial charge is 0.365 e. The molecule has 1 aliphatic carbocycles. The molecule has 19 heavy (non-hydrogen) atoms. The highest BCUT2D eigenvalue weighted by Gasteiger charge is 2.39. The minimum absolute atomic E-state index is 0.0760. The van der Waals surface area contributed by atoms with Gasteiger partial charge in [0.2, 0.25) is 0 Å². The van der Waals surface area contributed by atoms with E-state index in [4.69, 9.17) is 0 Å². The fourth-order valence-corrected chi connectivity index (χ4v) is 2.72. The lowest BCUT2D eigenvalue weighted by Crippen LogP contribution is -2.25. The van der Waals surface area contributed by atoms with Gasteiger partial charge in [-0.15, -0.1) is 0 Å². The quantitative estimate of drug-likeness (QED) is 0.907. The zero-order chi connectivity index (χ0) is 13.0.